The SMILES string of the molecule is CCOc1ccc(Cc2cc([C@]3(OC)O[C@H](C=O)C(O[Si](C)(C)C)C(O[Si](C)(C)C)C3O[Si](C)(C)C)ccc2Cl)cc1. The van der Waals surface area contributed by atoms with Crippen molar-refractivity contribution < 1.29 is 32.3 Å². The van der Waals surface area contributed by atoms with Crippen molar-refractivity contribution in [3.8, 4) is 5.75 Å². The van der Waals surface area contributed by atoms with Crippen LogP contribution in [-0.2, 0) is 39.8 Å². The van der Waals surface area contributed by atoms with Gasteiger partial charge < -0.3 is 32.3 Å². The molecule has 1 saturated heterocycles. The predicted molar refractivity (Wildman–Crippen MR) is 176 cm³/mol. The third kappa shape index (κ3) is 9.09. The van der Waals surface area contributed by atoms with E-state index in [4.69, 9.17) is 39.1 Å². The highest BCUT2D eigenvalue weighted by atomic mass is 35.5. The molecule has 1 aliphatic heterocycles. The van der Waals surface area contributed by atoms with E-state index in [9.17, 15) is 4.79 Å². The molecule has 3 rings (SSSR count). The first-order valence-electron chi connectivity index (χ1n) is 14.6. The molecule has 2 aromatic rings. The van der Waals surface area contributed by atoms with Crippen LogP contribution in [0.1, 0.15) is 23.6 Å². The van der Waals surface area contributed by atoms with Gasteiger partial charge in [-0.3, -0.25) is 0 Å². The Morgan fingerprint density at radius 3 is 1.93 bits per heavy atom. The molecule has 1 aliphatic rings. The fourth-order valence-corrected chi connectivity index (χ4v) is 8.55. The van der Waals surface area contributed by atoms with Gasteiger partial charge in [0.1, 0.15) is 30.2 Å². The van der Waals surface area contributed by atoms with Crippen LogP contribution in [0.2, 0.25) is 63.9 Å². The summed E-state index contributed by atoms with van der Waals surface area (Å²) in [5.74, 6) is -0.613. The largest absolute Gasteiger partial charge is 0.494 e. The van der Waals surface area contributed by atoms with Gasteiger partial charge in [-0.25, -0.2) is 0 Å². The molecule has 0 radical (unpaired) electrons. The quantitative estimate of drug-likeness (QED) is 0.165. The lowest BCUT2D eigenvalue weighted by molar-refractivity contribution is -0.346. The molecule has 1 fully saturated rings. The maximum atomic E-state index is 12.7. The summed E-state index contributed by atoms with van der Waals surface area (Å²) < 4.78 is 39.0. The molecular weight excluding hydrogens is 604 g/mol. The van der Waals surface area contributed by atoms with E-state index in [1.165, 1.54) is 0 Å². The molecule has 2 aromatic carbocycles. The number of hydrogen-bond acceptors (Lipinski definition) is 7. The van der Waals surface area contributed by atoms with E-state index in [2.05, 4.69) is 58.9 Å². The Bertz CT molecular complexity index is 1190. The van der Waals surface area contributed by atoms with E-state index in [1.54, 1.807) is 7.11 Å². The number of ether oxygens (including phenoxy) is 3. The Balaban J connectivity index is 2.18. The number of carbonyl (C=O) groups excluding carboxylic acids is 1. The van der Waals surface area contributed by atoms with Gasteiger partial charge in [-0.05, 0) is 108 Å². The van der Waals surface area contributed by atoms with Crippen LogP contribution in [-0.4, -0.2) is 69.4 Å². The summed E-state index contributed by atoms with van der Waals surface area (Å²) in [7, 11) is -4.92. The fraction of sp³-hybridized carbons (Fsp3) is 0.581. The second-order valence-electron chi connectivity index (χ2n) is 13.7. The van der Waals surface area contributed by atoms with Crippen molar-refractivity contribution in [3.63, 3.8) is 0 Å². The zero-order valence-corrected chi connectivity index (χ0v) is 30.8. The summed E-state index contributed by atoms with van der Waals surface area (Å²) in [5, 5.41) is 0.624. The lowest BCUT2D eigenvalue weighted by Crippen LogP contribution is -2.69. The van der Waals surface area contributed by atoms with Crippen LogP contribution in [0.25, 0.3) is 0 Å². The first kappa shape index (κ1) is 35.1. The van der Waals surface area contributed by atoms with Crippen LogP contribution in [0.5, 0.6) is 5.75 Å². The zero-order valence-electron chi connectivity index (χ0n) is 27.1. The smallest absolute Gasteiger partial charge is 0.224 e. The number of benzene rings is 2. The highest BCUT2D eigenvalue weighted by Crippen LogP contribution is 2.45. The fourth-order valence-electron chi connectivity index (χ4n) is 5.15. The predicted octanol–water partition coefficient (Wildman–Crippen LogP) is 7.39. The van der Waals surface area contributed by atoms with Crippen LogP contribution >= 0.6 is 11.6 Å². The first-order valence-corrected chi connectivity index (χ1v) is 25.2. The maximum Gasteiger partial charge on any atom is 0.224 e. The molecule has 0 bridgehead atoms. The zero-order chi connectivity index (χ0) is 31.5. The highest BCUT2D eigenvalue weighted by Gasteiger charge is 2.60. The molecule has 0 N–H and O–H groups in total. The Morgan fingerprint density at radius 2 is 1.43 bits per heavy atom. The molecule has 0 spiro atoms. The van der Waals surface area contributed by atoms with Crippen LogP contribution < -0.4 is 4.74 Å². The van der Waals surface area contributed by atoms with Gasteiger partial charge in [-0.15, -0.1) is 0 Å². The molecule has 11 heteroatoms. The van der Waals surface area contributed by atoms with Gasteiger partial charge in [0, 0.05) is 17.7 Å². The standard InChI is InChI=1S/C31H49ClO7Si3/c1-12-35-25-16-13-22(14-17-25)19-23-20-24(15-18-26(23)32)31(34-2)30(39-42(9,10)11)29(38-41(6,7)8)28(27(21-33)36-31)37-40(3,4)5/h13-18,20-21,27-30H,12,19H2,1-11H3/t27-,28?,29?,30?,31+/m1/s1. The summed E-state index contributed by atoms with van der Waals surface area (Å²) >= 11 is 6.74. The van der Waals surface area contributed by atoms with Crippen LogP contribution in [0.4, 0.5) is 0 Å². The van der Waals surface area contributed by atoms with E-state index >= 15 is 0 Å². The van der Waals surface area contributed by atoms with Crippen molar-refractivity contribution in [2.45, 2.75) is 102 Å². The number of rotatable bonds is 13. The molecule has 1 heterocycles. The normalized spacial score (nSPS) is 25.3. The minimum Gasteiger partial charge on any atom is -0.494 e. The Labute approximate surface area is 260 Å². The van der Waals surface area contributed by atoms with Gasteiger partial charge in [0.2, 0.25) is 5.79 Å². The van der Waals surface area contributed by atoms with Gasteiger partial charge in [-0.1, -0.05) is 29.8 Å². The topological polar surface area (TPSA) is 72.5 Å². The van der Waals surface area contributed by atoms with Gasteiger partial charge in [0.15, 0.2) is 31.2 Å². The summed E-state index contributed by atoms with van der Waals surface area (Å²) in [5.41, 5.74) is 2.69. The molecule has 42 heavy (non-hydrogen) atoms. The van der Waals surface area contributed by atoms with Crippen LogP contribution in [0, 0.1) is 0 Å². The van der Waals surface area contributed by atoms with E-state index in [-0.39, 0.29) is 0 Å². The molecule has 0 aromatic heterocycles. The molecule has 5 atom stereocenters. The van der Waals surface area contributed by atoms with Crippen molar-refractivity contribution in [1.29, 1.82) is 0 Å². The molecule has 234 valence electrons. The second-order valence-corrected chi connectivity index (χ2v) is 27.5. The van der Waals surface area contributed by atoms with E-state index in [0.29, 0.717) is 23.6 Å². The monoisotopic (exact) mass is 652 g/mol. The van der Waals surface area contributed by atoms with Gasteiger partial charge in [-0.2, -0.15) is 0 Å². The van der Waals surface area contributed by atoms with Gasteiger partial charge in [0.25, 0.3) is 0 Å². The van der Waals surface area contributed by atoms with Crippen LogP contribution in [0.15, 0.2) is 42.5 Å². The van der Waals surface area contributed by atoms with E-state index in [1.807, 2.05) is 49.4 Å². The van der Waals surface area contributed by atoms with Crippen LogP contribution in [0.3, 0.4) is 0 Å². The average Bonchev–Trinajstić information content (AvgIpc) is 2.87. The summed E-state index contributed by atoms with van der Waals surface area (Å²) in [6, 6.07) is 13.7. The van der Waals surface area contributed by atoms with E-state index in [0.717, 1.165) is 23.2 Å². The molecular formula is C31H49ClO7Si3. The number of halogens is 1. The Morgan fingerprint density at radius 1 is 0.857 bits per heavy atom. The summed E-state index contributed by atoms with van der Waals surface area (Å²) in [6.45, 7) is 21.6. The van der Waals surface area contributed by atoms with Crippen molar-refractivity contribution in [3.05, 3.63) is 64.2 Å². The second kappa shape index (κ2) is 13.7. The summed E-state index contributed by atoms with van der Waals surface area (Å²) in [6.07, 6.45) is -1.46. The number of aldehydes is 1. The molecule has 0 saturated carbocycles. The van der Waals surface area contributed by atoms with Gasteiger partial charge >= 0.3 is 0 Å². The van der Waals surface area contributed by atoms with Crippen molar-refractivity contribution in [2.24, 2.45) is 0 Å². The lowest BCUT2D eigenvalue weighted by atomic mass is 9.87. The number of methoxy groups -OCH3 is 1. The molecule has 0 aliphatic carbocycles. The third-order valence-corrected chi connectivity index (χ3v) is 9.89. The number of carbonyl (C=O) groups is 1. The van der Waals surface area contributed by atoms with Crippen molar-refractivity contribution in [2.75, 3.05) is 13.7 Å². The minimum atomic E-state index is -2.21. The Kier molecular flexibility index (Phi) is 11.5. The first-order chi connectivity index (χ1) is 19.4. The molecule has 0 amide bonds. The Hall–Kier alpha value is -1.35. The lowest BCUT2D eigenvalue weighted by Gasteiger charge is -2.54. The highest BCUT2D eigenvalue weighted by molar-refractivity contribution is 6.70. The number of hydrogen-bond donors (Lipinski definition) is 0. The third-order valence-electron chi connectivity index (χ3n) is 6.61. The van der Waals surface area contributed by atoms with E-state index < -0.39 is 55.2 Å². The molecule has 7 nitrogen and oxygen atoms in total. The molecule has 3 unspecified atom stereocenters. The van der Waals surface area contributed by atoms with Crippen molar-refractivity contribution in [1.82, 2.24) is 0 Å². The summed E-state index contributed by atoms with van der Waals surface area (Å²) in [4.78, 5) is 12.7. The van der Waals surface area contributed by atoms with Gasteiger partial charge in [0.05, 0.1) is 6.61 Å². The minimum absolute atomic E-state index is 0.589. The maximum absolute atomic E-state index is 12.7. The average molecular weight is 653 g/mol. The van der Waals surface area contributed by atoms with Crippen molar-refractivity contribution >= 4 is 42.8 Å².